The van der Waals surface area contributed by atoms with Crippen LogP contribution in [0.2, 0.25) is 5.02 Å². The van der Waals surface area contributed by atoms with E-state index in [0.717, 1.165) is 43.9 Å². The maximum absolute atomic E-state index is 15.2. The quantitative estimate of drug-likeness (QED) is 0.403. The highest BCUT2D eigenvalue weighted by Crippen LogP contribution is 2.45. The van der Waals surface area contributed by atoms with Gasteiger partial charge in [-0.1, -0.05) is 61.2 Å². The number of para-hydroxylation sites is 1. The number of carboxylic acid groups (broad SMARTS) is 1. The number of nitrogens with zero attached hydrogens (tertiary/aromatic N) is 2. The van der Waals surface area contributed by atoms with Gasteiger partial charge in [0.1, 0.15) is 10.7 Å². The fourth-order valence-electron chi connectivity index (χ4n) is 5.62. The number of rotatable bonds is 4. The lowest BCUT2D eigenvalue weighted by atomic mass is 9.83. The number of fused-ring (bicyclic) bond motifs is 1. The molecule has 1 fully saturated rings. The minimum atomic E-state index is -3.99. The van der Waals surface area contributed by atoms with E-state index in [1.807, 2.05) is 35.2 Å². The van der Waals surface area contributed by atoms with Gasteiger partial charge < -0.3 is 10.0 Å². The van der Waals surface area contributed by atoms with Crippen molar-refractivity contribution in [3.63, 3.8) is 0 Å². The Morgan fingerprint density at radius 1 is 1.00 bits per heavy atom. The summed E-state index contributed by atoms with van der Waals surface area (Å²) in [6, 6.07) is 16.2. The van der Waals surface area contributed by atoms with E-state index in [4.69, 9.17) is 11.6 Å². The molecule has 2 aliphatic rings. The molecule has 0 unspecified atom stereocenters. The fourth-order valence-corrected chi connectivity index (χ4v) is 7.49. The van der Waals surface area contributed by atoms with Crippen LogP contribution < -0.4 is 4.90 Å². The molecule has 0 spiro atoms. The van der Waals surface area contributed by atoms with Gasteiger partial charge in [0.2, 0.25) is 10.0 Å². The lowest BCUT2D eigenvalue weighted by Crippen LogP contribution is -2.46. The number of anilines is 2. The Hall–Kier alpha value is -2.94. The summed E-state index contributed by atoms with van der Waals surface area (Å²) in [6.07, 6.45) is 5.22. The first kappa shape index (κ1) is 25.7. The van der Waals surface area contributed by atoms with Crippen LogP contribution in [-0.2, 0) is 10.0 Å². The molecule has 3 aromatic rings. The zero-order chi connectivity index (χ0) is 26.3. The van der Waals surface area contributed by atoms with Crippen LogP contribution in [0.15, 0.2) is 65.6 Å². The van der Waals surface area contributed by atoms with Gasteiger partial charge in [0.05, 0.1) is 16.3 Å². The second-order valence-electron chi connectivity index (χ2n) is 9.70. The highest BCUT2D eigenvalue weighted by Gasteiger charge is 2.41. The third kappa shape index (κ3) is 4.62. The number of likely N-dealkylation sites (N-methyl/N-ethyl adjacent to an activating group) is 1. The molecule has 0 radical (unpaired) electrons. The van der Waals surface area contributed by atoms with Crippen LogP contribution in [0.4, 0.5) is 15.8 Å². The molecule has 1 saturated carbocycles. The molecule has 0 saturated heterocycles. The summed E-state index contributed by atoms with van der Waals surface area (Å²) >= 11 is 6.67. The van der Waals surface area contributed by atoms with Crippen molar-refractivity contribution in [1.29, 1.82) is 0 Å². The SMILES string of the molecule is CN1[C@H](C2CCCCC2)CN(c2ccccc2)c2cc(Cl)c(-c3cccc(C(=O)O)c3F)cc2S1(=O)=O. The van der Waals surface area contributed by atoms with Crippen LogP contribution in [0.5, 0.6) is 0 Å². The van der Waals surface area contributed by atoms with E-state index in [-0.39, 0.29) is 33.0 Å². The molecule has 1 atom stereocenters. The molecular weight excluding hydrogens is 515 g/mol. The Labute approximate surface area is 221 Å². The van der Waals surface area contributed by atoms with Gasteiger partial charge in [0.25, 0.3) is 0 Å². The van der Waals surface area contributed by atoms with Gasteiger partial charge in [-0.15, -0.1) is 0 Å². The number of benzene rings is 3. The predicted octanol–water partition coefficient (Wildman–Crippen LogP) is 6.57. The number of carboxylic acids is 1. The lowest BCUT2D eigenvalue weighted by Gasteiger charge is -2.36. The van der Waals surface area contributed by atoms with Crippen molar-refractivity contribution in [2.75, 3.05) is 18.5 Å². The molecule has 1 N–H and O–H groups in total. The summed E-state index contributed by atoms with van der Waals surface area (Å²) in [7, 11) is -2.37. The molecule has 5 rings (SSSR count). The Balaban J connectivity index is 1.73. The first-order chi connectivity index (χ1) is 17.7. The molecule has 0 amide bonds. The van der Waals surface area contributed by atoms with Crippen LogP contribution in [0.1, 0.15) is 42.5 Å². The maximum atomic E-state index is 15.2. The van der Waals surface area contributed by atoms with E-state index in [9.17, 15) is 18.3 Å². The number of carbonyl (C=O) groups is 1. The van der Waals surface area contributed by atoms with Gasteiger partial charge in [-0.05, 0) is 49.1 Å². The minimum Gasteiger partial charge on any atom is -0.478 e. The molecular formula is C28H28ClFN2O4S. The zero-order valence-electron chi connectivity index (χ0n) is 20.4. The van der Waals surface area contributed by atoms with E-state index in [0.29, 0.717) is 12.2 Å². The third-order valence-electron chi connectivity index (χ3n) is 7.61. The van der Waals surface area contributed by atoms with Crippen LogP contribution in [-0.4, -0.2) is 43.4 Å². The third-order valence-corrected chi connectivity index (χ3v) is 9.84. The molecule has 1 aliphatic carbocycles. The number of hydrogen-bond acceptors (Lipinski definition) is 4. The predicted molar refractivity (Wildman–Crippen MR) is 143 cm³/mol. The molecule has 0 bridgehead atoms. The molecule has 0 aromatic heterocycles. The van der Waals surface area contributed by atoms with Crippen molar-refractivity contribution in [3.8, 4) is 11.1 Å². The van der Waals surface area contributed by atoms with Gasteiger partial charge in [0, 0.05) is 36.4 Å². The van der Waals surface area contributed by atoms with Crippen molar-refractivity contribution in [2.45, 2.75) is 43.0 Å². The van der Waals surface area contributed by atoms with Gasteiger partial charge in [-0.3, -0.25) is 0 Å². The van der Waals surface area contributed by atoms with Gasteiger partial charge in [-0.2, -0.15) is 4.31 Å². The van der Waals surface area contributed by atoms with E-state index >= 15 is 4.39 Å². The van der Waals surface area contributed by atoms with Crippen molar-refractivity contribution >= 4 is 39.0 Å². The highest BCUT2D eigenvalue weighted by atomic mass is 35.5. The van der Waals surface area contributed by atoms with E-state index in [1.165, 1.54) is 22.5 Å². The fraction of sp³-hybridized carbons (Fsp3) is 0.321. The first-order valence-electron chi connectivity index (χ1n) is 12.4. The summed E-state index contributed by atoms with van der Waals surface area (Å²) in [4.78, 5) is 13.5. The molecule has 9 heteroatoms. The average molecular weight is 543 g/mol. The molecule has 1 aliphatic heterocycles. The number of sulfonamides is 1. The topological polar surface area (TPSA) is 77.9 Å². The van der Waals surface area contributed by atoms with Crippen LogP contribution in [0.25, 0.3) is 11.1 Å². The van der Waals surface area contributed by atoms with Crippen molar-refractivity contribution < 1.29 is 22.7 Å². The maximum Gasteiger partial charge on any atom is 0.338 e. The number of halogens is 2. The number of hydrogen-bond donors (Lipinski definition) is 1. The van der Waals surface area contributed by atoms with Crippen molar-refractivity contribution in [3.05, 3.63) is 77.1 Å². The first-order valence-corrected chi connectivity index (χ1v) is 14.2. The van der Waals surface area contributed by atoms with Crippen LogP contribution in [0.3, 0.4) is 0 Å². The molecule has 6 nitrogen and oxygen atoms in total. The van der Waals surface area contributed by atoms with Crippen molar-refractivity contribution in [2.24, 2.45) is 5.92 Å². The Kier molecular flexibility index (Phi) is 7.00. The second kappa shape index (κ2) is 10.1. The number of aromatic carboxylic acids is 1. The molecule has 194 valence electrons. The Bertz CT molecular complexity index is 1440. The summed E-state index contributed by atoms with van der Waals surface area (Å²) in [5, 5.41) is 9.52. The zero-order valence-corrected chi connectivity index (χ0v) is 22.0. The molecule has 37 heavy (non-hydrogen) atoms. The Morgan fingerprint density at radius 3 is 2.38 bits per heavy atom. The molecule has 3 aromatic carbocycles. The van der Waals surface area contributed by atoms with Gasteiger partial charge in [-0.25, -0.2) is 17.6 Å². The normalized spacial score (nSPS) is 20.3. The summed E-state index contributed by atoms with van der Waals surface area (Å²) in [6.45, 7) is 0.454. The van der Waals surface area contributed by atoms with E-state index < -0.39 is 27.4 Å². The van der Waals surface area contributed by atoms with Crippen LogP contribution in [0, 0.1) is 11.7 Å². The van der Waals surface area contributed by atoms with Crippen LogP contribution >= 0.6 is 11.6 Å². The van der Waals surface area contributed by atoms with E-state index in [1.54, 1.807) is 13.1 Å². The lowest BCUT2D eigenvalue weighted by molar-refractivity contribution is 0.0692. The molecule has 1 heterocycles. The Morgan fingerprint density at radius 2 is 1.70 bits per heavy atom. The average Bonchev–Trinajstić information content (AvgIpc) is 2.97. The van der Waals surface area contributed by atoms with Gasteiger partial charge >= 0.3 is 5.97 Å². The summed E-state index contributed by atoms with van der Waals surface area (Å²) in [5.41, 5.74) is 0.802. The minimum absolute atomic E-state index is 0.0108. The van der Waals surface area contributed by atoms with Gasteiger partial charge in [0.15, 0.2) is 0 Å². The second-order valence-corrected chi connectivity index (χ2v) is 12.1. The standard InChI is InChI=1S/C28H28ClFN2O4S/c1-31-25(18-9-4-2-5-10-18)17-32(19-11-6-3-7-12-19)24-16-23(29)22(15-26(24)37(31,35)36)20-13-8-14-21(27(20)30)28(33)34/h3,6-8,11-16,18,25H,2,4-5,9-10,17H2,1H3,(H,33,34)/t25-/m0/s1. The highest BCUT2D eigenvalue weighted by molar-refractivity contribution is 7.89. The van der Waals surface area contributed by atoms with E-state index in [2.05, 4.69) is 0 Å². The largest absolute Gasteiger partial charge is 0.478 e. The summed E-state index contributed by atoms with van der Waals surface area (Å²) < 4.78 is 44.8. The van der Waals surface area contributed by atoms with Crippen molar-refractivity contribution in [1.82, 2.24) is 4.31 Å². The monoisotopic (exact) mass is 542 g/mol. The smallest absolute Gasteiger partial charge is 0.338 e. The summed E-state index contributed by atoms with van der Waals surface area (Å²) in [5.74, 6) is -2.16.